The Balaban J connectivity index is 3.38. The number of halogens is 3. The summed E-state index contributed by atoms with van der Waals surface area (Å²) in [6.07, 6.45) is 0.784. The first-order valence-electron chi connectivity index (χ1n) is 6.34. The molecule has 1 rings (SSSR count). The van der Waals surface area contributed by atoms with Gasteiger partial charge in [-0.2, -0.15) is 0 Å². The third-order valence-corrected chi connectivity index (χ3v) is 5.11. The molecule has 0 unspecified atom stereocenters. The Morgan fingerprint density at radius 2 is 1.86 bits per heavy atom. The quantitative estimate of drug-likeness (QED) is 0.728. The highest BCUT2D eigenvalue weighted by atomic mass is 35.7. The lowest BCUT2D eigenvalue weighted by Crippen LogP contribution is -2.37. The van der Waals surface area contributed by atoms with Crippen molar-refractivity contribution in [2.45, 2.75) is 38.1 Å². The number of amides is 1. The van der Waals surface area contributed by atoms with Gasteiger partial charge in [0.2, 0.25) is 0 Å². The second-order valence-electron chi connectivity index (χ2n) is 4.80. The van der Waals surface area contributed by atoms with Crippen molar-refractivity contribution in [1.82, 2.24) is 4.90 Å². The highest BCUT2D eigenvalue weighted by Gasteiger charge is 2.24. The van der Waals surface area contributed by atoms with Gasteiger partial charge in [-0.3, -0.25) is 4.79 Å². The molecule has 0 aliphatic rings. The topological polar surface area (TPSA) is 54.5 Å². The first kappa shape index (κ1) is 18.6. The summed E-state index contributed by atoms with van der Waals surface area (Å²) in [7, 11) is 1.23. The third-order valence-electron chi connectivity index (χ3n) is 2.85. The zero-order valence-electron chi connectivity index (χ0n) is 11.9. The van der Waals surface area contributed by atoms with Crippen molar-refractivity contribution in [3.05, 3.63) is 27.7 Å². The van der Waals surface area contributed by atoms with Crippen molar-refractivity contribution < 1.29 is 13.2 Å². The highest BCUT2D eigenvalue weighted by molar-refractivity contribution is 8.13. The molecule has 0 spiro atoms. The number of nitrogens with zero attached hydrogens (tertiary/aromatic N) is 1. The van der Waals surface area contributed by atoms with E-state index >= 15 is 0 Å². The van der Waals surface area contributed by atoms with Gasteiger partial charge in [0.15, 0.2) is 0 Å². The molecule has 1 amide bonds. The van der Waals surface area contributed by atoms with Crippen LogP contribution in [0.15, 0.2) is 17.0 Å². The summed E-state index contributed by atoms with van der Waals surface area (Å²) in [4.78, 5) is 13.8. The van der Waals surface area contributed by atoms with Crippen molar-refractivity contribution >= 4 is 48.8 Å². The maximum atomic E-state index is 12.5. The van der Waals surface area contributed by atoms with Crippen LogP contribution in [0.1, 0.15) is 37.6 Å². The van der Waals surface area contributed by atoms with Crippen LogP contribution in [0.3, 0.4) is 0 Å². The maximum absolute atomic E-state index is 12.5. The van der Waals surface area contributed by atoms with Gasteiger partial charge in [0.25, 0.3) is 15.0 Å². The molecule has 0 aliphatic heterocycles. The molecule has 0 radical (unpaired) electrons. The van der Waals surface area contributed by atoms with Gasteiger partial charge in [-0.1, -0.05) is 30.1 Å². The van der Waals surface area contributed by atoms with Crippen LogP contribution in [0.4, 0.5) is 0 Å². The number of benzene rings is 1. The fourth-order valence-electron chi connectivity index (χ4n) is 1.87. The summed E-state index contributed by atoms with van der Waals surface area (Å²) in [5, 5.41) is -0.211. The summed E-state index contributed by atoms with van der Waals surface area (Å²) in [6, 6.07) is 2.48. The maximum Gasteiger partial charge on any atom is 0.262 e. The zero-order chi connectivity index (χ0) is 16.4. The number of carbonyl (C=O) groups excluding carboxylic acids is 1. The molecule has 0 aliphatic carbocycles. The largest absolute Gasteiger partial charge is 0.336 e. The van der Waals surface area contributed by atoms with Crippen LogP contribution < -0.4 is 0 Å². The number of hydrogen-bond donors (Lipinski definition) is 0. The first-order valence-corrected chi connectivity index (χ1v) is 9.40. The van der Waals surface area contributed by atoms with E-state index in [1.54, 1.807) is 4.90 Å². The van der Waals surface area contributed by atoms with Crippen LogP contribution in [0.2, 0.25) is 10.0 Å². The van der Waals surface area contributed by atoms with E-state index in [1.165, 1.54) is 6.07 Å². The lowest BCUT2D eigenvalue weighted by molar-refractivity contribution is 0.0705. The first-order chi connectivity index (χ1) is 9.59. The van der Waals surface area contributed by atoms with E-state index in [0.717, 1.165) is 12.5 Å². The molecule has 4 nitrogen and oxygen atoms in total. The van der Waals surface area contributed by atoms with Gasteiger partial charge in [0, 0.05) is 28.8 Å². The van der Waals surface area contributed by atoms with Gasteiger partial charge in [0.1, 0.15) is 4.90 Å². The summed E-state index contributed by atoms with van der Waals surface area (Å²) >= 11 is 11.7. The summed E-state index contributed by atoms with van der Waals surface area (Å²) in [5.74, 6) is -0.313. The second-order valence-corrected chi connectivity index (χ2v) is 8.12. The molecule has 8 heteroatoms. The molecule has 1 aromatic rings. The predicted molar refractivity (Wildman–Crippen MR) is 86.0 cm³/mol. The molecule has 0 bridgehead atoms. The van der Waals surface area contributed by atoms with Crippen LogP contribution in [-0.2, 0) is 9.05 Å². The Kier molecular flexibility index (Phi) is 6.35. The van der Waals surface area contributed by atoms with Gasteiger partial charge in [0.05, 0.1) is 10.0 Å². The number of carbonyl (C=O) groups is 1. The molecule has 1 aromatic carbocycles. The molecule has 0 N–H and O–H groups in total. The van der Waals surface area contributed by atoms with E-state index in [2.05, 4.69) is 0 Å². The molecule has 0 aromatic heterocycles. The molecule has 0 fully saturated rings. The fourth-order valence-corrected chi connectivity index (χ4v) is 3.63. The molecular formula is C13H16Cl3NO3S. The van der Waals surface area contributed by atoms with E-state index < -0.39 is 9.05 Å². The number of hydrogen-bond acceptors (Lipinski definition) is 3. The predicted octanol–water partition coefficient (Wildman–Crippen LogP) is 4.18. The van der Waals surface area contributed by atoms with E-state index in [4.69, 9.17) is 33.9 Å². The second kappa shape index (κ2) is 7.18. The standard InChI is InChI=1S/C13H16Cl3NO3S/c1-4-5-17(8(2)3)13(18)9-6-10(14)12(15)11(7-9)21(16,19)20/h6-8H,4-5H2,1-3H3. The molecule has 118 valence electrons. The Morgan fingerprint density at radius 1 is 1.29 bits per heavy atom. The Hall–Kier alpha value is -0.490. The van der Waals surface area contributed by atoms with Crippen molar-refractivity contribution in [2.24, 2.45) is 0 Å². The average molecular weight is 373 g/mol. The van der Waals surface area contributed by atoms with E-state index in [9.17, 15) is 13.2 Å². The smallest absolute Gasteiger partial charge is 0.262 e. The Morgan fingerprint density at radius 3 is 2.29 bits per heavy atom. The SMILES string of the molecule is CCCN(C(=O)c1cc(Cl)c(Cl)c(S(=O)(=O)Cl)c1)C(C)C. The zero-order valence-corrected chi connectivity index (χ0v) is 14.9. The van der Waals surface area contributed by atoms with Gasteiger partial charge >= 0.3 is 0 Å². The van der Waals surface area contributed by atoms with Gasteiger partial charge in [-0.15, -0.1) is 0 Å². The van der Waals surface area contributed by atoms with Crippen LogP contribution in [0, 0.1) is 0 Å². The summed E-state index contributed by atoms with van der Waals surface area (Å²) in [5.41, 5.74) is 0.144. The lowest BCUT2D eigenvalue weighted by Gasteiger charge is -2.26. The lowest BCUT2D eigenvalue weighted by atomic mass is 10.1. The monoisotopic (exact) mass is 371 g/mol. The van der Waals surface area contributed by atoms with Gasteiger partial charge < -0.3 is 4.90 Å². The molecule has 21 heavy (non-hydrogen) atoms. The summed E-state index contributed by atoms with van der Waals surface area (Å²) in [6.45, 7) is 6.26. The molecule has 0 saturated heterocycles. The molecular weight excluding hydrogens is 357 g/mol. The normalized spacial score (nSPS) is 11.8. The Labute approximate surface area is 139 Å². The average Bonchev–Trinajstić information content (AvgIpc) is 2.36. The molecule has 0 heterocycles. The summed E-state index contributed by atoms with van der Waals surface area (Å²) < 4.78 is 23.0. The minimum atomic E-state index is -4.09. The Bertz CT molecular complexity index is 644. The van der Waals surface area contributed by atoms with Crippen molar-refractivity contribution in [3.63, 3.8) is 0 Å². The van der Waals surface area contributed by atoms with Gasteiger partial charge in [-0.05, 0) is 32.4 Å². The number of rotatable bonds is 5. The van der Waals surface area contributed by atoms with Gasteiger partial charge in [-0.25, -0.2) is 8.42 Å². The molecule has 0 saturated carbocycles. The van der Waals surface area contributed by atoms with E-state index in [1.807, 2.05) is 20.8 Å². The van der Waals surface area contributed by atoms with Crippen molar-refractivity contribution in [1.29, 1.82) is 0 Å². The van der Waals surface area contributed by atoms with Crippen LogP contribution >= 0.6 is 33.9 Å². The van der Waals surface area contributed by atoms with Crippen molar-refractivity contribution in [2.75, 3.05) is 6.54 Å². The van der Waals surface area contributed by atoms with Crippen LogP contribution in [0.25, 0.3) is 0 Å². The van der Waals surface area contributed by atoms with Crippen LogP contribution in [-0.4, -0.2) is 31.8 Å². The van der Waals surface area contributed by atoms with E-state index in [-0.39, 0.29) is 32.5 Å². The minimum Gasteiger partial charge on any atom is -0.336 e. The highest BCUT2D eigenvalue weighted by Crippen LogP contribution is 2.33. The fraction of sp³-hybridized carbons (Fsp3) is 0.462. The van der Waals surface area contributed by atoms with Crippen LogP contribution in [0.5, 0.6) is 0 Å². The molecule has 0 atom stereocenters. The van der Waals surface area contributed by atoms with Crippen molar-refractivity contribution in [3.8, 4) is 0 Å². The third kappa shape index (κ3) is 4.49. The van der Waals surface area contributed by atoms with E-state index in [0.29, 0.717) is 6.54 Å². The minimum absolute atomic E-state index is 0.0250.